The number of rotatable bonds is 3. The van der Waals surface area contributed by atoms with E-state index in [1.807, 2.05) is 31.2 Å². The number of nitrogens with one attached hydrogen (secondary N) is 1. The van der Waals surface area contributed by atoms with Crippen LogP contribution in [0.25, 0.3) is 0 Å². The first kappa shape index (κ1) is 11.0. The summed E-state index contributed by atoms with van der Waals surface area (Å²) in [4.78, 5) is 11.0. The van der Waals surface area contributed by atoms with E-state index in [9.17, 15) is 4.79 Å². The average molecular weight is 221 g/mol. The number of para-hydroxylation sites is 1. The fourth-order valence-electron chi connectivity index (χ4n) is 1.73. The Morgan fingerprint density at radius 1 is 1.50 bits per heavy atom. The molecule has 1 heterocycles. The molecule has 0 aliphatic carbocycles. The Bertz CT molecular complexity index is 368. The second-order valence-corrected chi connectivity index (χ2v) is 3.57. The molecule has 0 saturated carbocycles. The standard InChI is InChI=1S/C12H15NO3/c1-2-15-10-6-4-3-5-9(10)11-7-13-12(14)8-16-11/h3-6,11H,2,7-8H2,1H3,(H,13,14). The highest BCUT2D eigenvalue weighted by atomic mass is 16.5. The third-order valence-corrected chi connectivity index (χ3v) is 2.47. The van der Waals surface area contributed by atoms with E-state index in [0.717, 1.165) is 11.3 Å². The van der Waals surface area contributed by atoms with E-state index in [1.54, 1.807) is 0 Å². The molecule has 4 nitrogen and oxygen atoms in total. The van der Waals surface area contributed by atoms with E-state index in [0.29, 0.717) is 13.2 Å². The van der Waals surface area contributed by atoms with Crippen molar-refractivity contribution in [2.75, 3.05) is 19.8 Å². The van der Waals surface area contributed by atoms with Crippen LogP contribution in [-0.2, 0) is 9.53 Å². The van der Waals surface area contributed by atoms with Crippen molar-refractivity contribution in [2.45, 2.75) is 13.0 Å². The predicted octanol–water partition coefficient (Wildman–Crippen LogP) is 1.27. The molecule has 1 aliphatic rings. The number of ether oxygens (including phenoxy) is 2. The van der Waals surface area contributed by atoms with Crippen LogP contribution in [0.5, 0.6) is 5.75 Å². The number of amides is 1. The smallest absolute Gasteiger partial charge is 0.246 e. The number of morpholine rings is 1. The van der Waals surface area contributed by atoms with Crippen LogP contribution in [0.2, 0.25) is 0 Å². The molecule has 1 aliphatic heterocycles. The van der Waals surface area contributed by atoms with Crippen LogP contribution in [0, 0.1) is 0 Å². The minimum absolute atomic E-state index is 0.0647. The van der Waals surface area contributed by atoms with Crippen molar-refractivity contribution in [2.24, 2.45) is 0 Å². The first-order chi connectivity index (χ1) is 7.81. The van der Waals surface area contributed by atoms with Crippen molar-refractivity contribution in [1.82, 2.24) is 5.32 Å². The van der Waals surface area contributed by atoms with Crippen molar-refractivity contribution in [3.05, 3.63) is 29.8 Å². The highest BCUT2D eigenvalue weighted by Crippen LogP contribution is 2.28. The molecule has 1 N–H and O–H groups in total. The molecule has 0 aromatic heterocycles. The zero-order chi connectivity index (χ0) is 11.4. The molecule has 1 fully saturated rings. The first-order valence-electron chi connectivity index (χ1n) is 5.41. The van der Waals surface area contributed by atoms with E-state index >= 15 is 0 Å². The van der Waals surface area contributed by atoms with Gasteiger partial charge in [0.15, 0.2) is 0 Å². The van der Waals surface area contributed by atoms with Crippen molar-refractivity contribution >= 4 is 5.91 Å². The van der Waals surface area contributed by atoms with Crippen molar-refractivity contribution in [3.8, 4) is 5.75 Å². The maximum atomic E-state index is 11.0. The van der Waals surface area contributed by atoms with E-state index in [4.69, 9.17) is 9.47 Å². The van der Waals surface area contributed by atoms with Gasteiger partial charge in [-0.2, -0.15) is 0 Å². The molecule has 2 rings (SSSR count). The lowest BCUT2D eigenvalue weighted by Crippen LogP contribution is -2.38. The van der Waals surface area contributed by atoms with Crippen LogP contribution in [0.3, 0.4) is 0 Å². The Labute approximate surface area is 94.6 Å². The second-order valence-electron chi connectivity index (χ2n) is 3.57. The van der Waals surface area contributed by atoms with E-state index in [1.165, 1.54) is 0 Å². The molecule has 1 atom stereocenters. The third kappa shape index (κ3) is 2.33. The van der Waals surface area contributed by atoms with Crippen molar-refractivity contribution in [1.29, 1.82) is 0 Å². The number of hydrogen-bond acceptors (Lipinski definition) is 3. The predicted molar refractivity (Wildman–Crippen MR) is 59.3 cm³/mol. The average Bonchev–Trinajstić information content (AvgIpc) is 2.32. The highest BCUT2D eigenvalue weighted by molar-refractivity contribution is 5.77. The molecule has 4 heteroatoms. The van der Waals surface area contributed by atoms with Crippen LogP contribution in [0.15, 0.2) is 24.3 Å². The van der Waals surface area contributed by atoms with Gasteiger partial charge in [0.2, 0.25) is 5.91 Å². The van der Waals surface area contributed by atoms with Crippen molar-refractivity contribution in [3.63, 3.8) is 0 Å². The third-order valence-electron chi connectivity index (χ3n) is 2.47. The molecule has 1 aromatic rings. The second kappa shape index (κ2) is 4.99. The van der Waals surface area contributed by atoms with Gasteiger partial charge in [0.1, 0.15) is 18.5 Å². The van der Waals surface area contributed by atoms with Crippen molar-refractivity contribution < 1.29 is 14.3 Å². The number of carbonyl (C=O) groups excluding carboxylic acids is 1. The van der Waals surface area contributed by atoms with Gasteiger partial charge in [-0.15, -0.1) is 0 Å². The zero-order valence-corrected chi connectivity index (χ0v) is 9.23. The lowest BCUT2D eigenvalue weighted by atomic mass is 10.1. The summed E-state index contributed by atoms with van der Waals surface area (Å²) in [6.45, 7) is 3.18. The van der Waals surface area contributed by atoms with Gasteiger partial charge < -0.3 is 14.8 Å². The Morgan fingerprint density at radius 2 is 2.31 bits per heavy atom. The quantitative estimate of drug-likeness (QED) is 0.836. The first-order valence-corrected chi connectivity index (χ1v) is 5.41. The molecular formula is C12H15NO3. The van der Waals surface area contributed by atoms with Gasteiger partial charge in [-0.25, -0.2) is 0 Å². The maximum Gasteiger partial charge on any atom is 0.246 e. The summed E-state index contributed by atoms with van der Waals surface area (Å²) >= 11 is 0. The Balaban J connectivity index is 2.16. The Morgan fingerprint density at radius 3 is 3.00 bits per heavy atom. The Hall–Kier alpha value is -1.55. The monoisotopic (exact) mass is 221 g/mol. The number of hydrogen-bond donors (Lipinski definition) is 1. The van der Waals surface area contributed by atoms with E-state index < -0.39 is 0 Å². The normalized spacial score (nSPS) is 20.3. The van der Waals surface area contributed by atoms with Gasteiger partial charge in [0.25, 0.3) is 0 Å². The summed E-state index contributed by atoms with van der Waals surface area (Å²) < 4.78 is 11.0. The van der Waals surface area contributed by atoms with Gasteiger partial charge in [-0.3, -0.25) is 4.79 Å². The minimum Gasteiger partial charge on any atom is -0.493 e. The zero-order valence-electron chi connectivity index (χ0n) is 9.23. The summed E-state index contributed by atoms with van der Waals surface area (Å²) in [5.74, 6) is 0.760. The molecule has 1 aromatic carbocycles. The van der Waals surface area contributed by atoms with E-state index in [-0.39, 0.29) is 18.6 Å². The largest absolute Gasteiger partial charge is 0.493 e. The fourth-order valence-corrected chi connectivity index (χ4v) is 1.73. The van der Waals surface area contributed by atoms with Crippen LogP contribution < -0.4 is 10.1 Å². The molecule has 86 valence electrons. The molecule has 1 unspecified atom stereocenters. The number of benzene rings is 1. The topological polar surface area (TPSA) is 47.6 Å². The molecule has 1 amide bonds. The molecule has 1 saturated heterocycles. The molecule has 16 heavy (non-hydrogen) atoms. The maximum absolute atomic E-state index is 11.0. The van der Waals surface area contributed by atoms with E-state index in [2.05, 4.69) is 5.32 Å². The van der Waals surface area contributed by atoms with Crippen LogP contribution in [0.1, 0.15) is 18.6 Å². The molecule has 0 radical (unpaired) electrons. The summed E-state index contributed by atoms with van der Waals surface area (Å²) in [7, 11) is 0. The summed E-state index contributed by atoms with van der Waals surface area (Å²) in [5.41, 5.74) is 0.990. The van der Waals surface area contributed by atoms with Gasteiger partial charge in [0, 0.05) is 12.1 Å². The molecular weight excluding hydrogens is 206 g/mol. The minimum atomic E-state index is -0.111. The lowest BCUT2D eigenvalue weighted by Gasteiger charge is -2.25. The molecule has 0 bridgehead atoms. The van der Waals surface area contributed by atoms with Gasteiger partial charge in [-0.1, -0.05) is 18.2 Å². The SMILES string of the molecule is CCOc1ccccc1C1CNC(=O)CO1. The van der Waals surface area contributed by atoms with Gasteiger partial charge in [-0.05, 0) is 13.0 Å². The van der Waals surface area contributed by atoms with Crippen LogP contribution in [0.4, 0.5) is 0 Å². The summed E-state index contributed by atoms with van der Waals surface area (Å²) in [6.07, 6.45) is -0.111. The van der Waals surface area contributed by atoms with Gasteiger partial charge >= 0.3 is 0 Å². The Kier molecular flexibility index (Phi) is 3.41. The highest BCUT2D eigenvalue weighted by Gasteiger charge is 2.22. The van der Waals surface area contributed by atoms with Gasteiger partial charge in [0.05, 0.1) is 6.61 Å². The summed E-state index contributed by atoms with van der Waals surface area (Å²) in [6, 6.07) is 7.75. The number of carbonyl (C=O) groups is 1. The molecule has 0 spiro atoms. The lowest BCUT2D eigenvalue weighted by molar-refractivity contribution is -0.133. The fraction of sp³-hybridized carbons (Fsp3) is 0.417. The summed E-state index contributed by atoms with van der Waals surface area (Å²) in [5, 5.41) is 2.78. The van der Waals surface area contributed by atoms with Crippen LogP contribution in [-0.4, -0.2) is 25.7 Å². The van der Waals surface area contributed by atoms with Crippen LogP contribution >= 0.6 is 0 Å².